The fraction of sp³-hybridized carbons (Fsp3) is 0.167. The first-order valence-electron chi connectivity index (χ1n) is 4.61. The summed E-state index contributed by atoms with van der Waals surface area (Å²) in [4.78, 5) is 12.7. The minimum Gasteiger partial charge on any atom is -0.364 e. The Bertz CT molecular complexity index is 361. The van der Waals surface area contributed by atoms with Gasteiger partial charge in [0.1, 0.15) is 4.32 Å². The van der Waals surface area contributed by atoms with E-state index in [-0.39, 0.29) is 5.78 Å². The largest absolute Gasteiger partial charge is 0.364 e. The predicted octanol–water partition coefficient (Wildman–Crippen LogP) is 2.82. The molecule has 0 bridgehead atoms. The highest BCUT2D eigenvalue weighted by Gasteiger charge is 1.95. The molecule has 0 aliphatic rings. The van der Waals surface area contributed by atoms with Crippen molar-refractivity contribution in [2.75, 3.05) is 14.1 Å². The van der Waals surface area contributed by atoms with Crippen molar-refractivity contribution >= 4 is 35.0 Å². The molecule has 16 heavy (non-hydrogen) atoms. The van der Waals surface area contributed by atoms with E-state index in [0.717, 1.165) is 0 Å². The molecule has 1 rings (SSSR count). The van der Waals surface area contributed by atoms with Crippen LogP contribution in [0, 0.1) is 0 Å². The summed E-state index contributed by atoms with van der Waals surface area (Å²) in [6.07, 6.45) is 1.31. The molecule has 0 aliphatic heterocycles. The summed E-state index contributed by atoms with van der Waals surface area (Å²) < 4.78 is 0.620. The number of nitrogens with zero attached hydrogens (tertiary/aromatic N) is 1. The highest BCUT2D eigenvalue weighted by molar-refractivity contribution is 8.10. The molecule has 2 nitrogen and oxygen atoms in total. The molecule has 0 heterocycles. The number of thiocarbonyl (C=S) groups is 1. The van der Waals surface area contributed by atoms with Crippen LogP contribution >= 0.6 is 24.8 Å². The molecule has 0 amide bonds. The van der Waals surface area contributed by atoms with E-state index in [1.165, 1.54) is 6.08 Å². The van der Waals surface area contributed by atoms with Crippen LogP contribution in [0.3, 0.4) is 0 Å². The molecular formula is C12H15NOS2. The fourth-order valence-corrected chi connectivity index (χ4v) is 0.720. The van der Waals surface area contributed by atoms with Crippen LogP contribution in [0.15, 0.2) is 43.0 Å². The zero-order valence-corrected chi connectivity index (χ0v) is 11.1. The first-order chi connectivity index (χ1) is 7.49. The Hall–Kier alpha value is -1.13. The molecule has 0 atom stereocenters. The molecule has 0 saturated carbocycles. The van der Waals surface area contributed by atoms with E-state index in [9.17, 15) is 4.79 Å². The second-order valence-electron chi connectivity index (χ2n) is 3.11. The Morgan fingerprint density at radius 1 is 1.38 bits per heavy atom. The van der Waals surface area contributed by atoms with Gasteiger partial charge in [-0.3, -0.25) is 4.79 Å². The van der Waals surface area contributed by atoms with Crippen molar-refractivity contribution in [2.24, 2.45) is 0 Å². The fourth-order valence-electron chi connectivity index (χ4n) is 0.720. The number of carbonyl (C=O) groups is 1. The number of thiol groups is 1. The minimum absolute atomic E-state index is 0.0272. The lowest BCUT2D eigenvalue weighted by Gasteiger charge is -2.05. The standard InChI is InChI=1S/C9H8O.C3H7NS2/c1-2-9(10)8-6-4-3-5-7-8;1-4(2)3(5)6/h2-7H,1H2;1-2H3,(H,5,6). The topological polar surface area (TPSA) is 20.3 Å². The summed E-state index contributed by atoms with van der Waals surface area (Å²) in [6.45, 7) is 3.39. The predicted molar refractivity (Wildman–Crippen MR) is 76.2 cm³/mol. The van der Waals surface area contributed by atoms with E-state index in [1.807, 2.05) is 32.3 Å². The van der Waals surface area contributed by atoms with Crippen molar-refractivity contribution < 1.29 is 4.79 Å². The van der Waals surface area contributed by atoms with Crippen LogP contribution < -0.4 is 0 Å². The van der Waals surface area contributed by atoms with Crippen molar-refractivity contribution in [1.29, 1.82) is 0 Å². The molecular weight excluding hydrogens is 238 g/mol. The molecule has 0 aliphatic carbocycles. The first kappa shape index (κ1) is 14.9. The van der Waals surface area contributed by atoms with Crippen LogP contribution in [0.5, 0.6) is 0 Å². The van der Waals surface area contributed by atoms with Gasteiger partial charge in [0.15, 0.2) is 5.78 Å². The SMILES string of the molecule is C=CC(=O)c1ccccc1.CN(C)C(=S)S. The Kier molecular flexibility index (Phi) is 7.50. The molecule has 0 radical (unpaired) electrons. The summed E-state index contributed by atoms with van der Waals surface area (Å²) in [6, 6.07) is 9.07. The van der Waals surface area contributed by atoms with Gasteiger partial charge in [-0.25, -0.2) is 0 Å². The van der Waals surface area contributed by atoms with Crippen LogP contribution in [0.25, 0.3) is 0 Å². The number of hydrogen-bond donors (Lipinski definition) is 1. The number of carbonyl (C=O) groups excluding carboxylic acids is 1. The maximum atomic E-state index is 10.9. The molecule has 4 heteroatoms. The molecule has 1 aromatic rings. The van der Waals surface area contributed by atoms with Gasteiger partial charge in [0.05, 0.1) is 0 Å². The minimum atomic E-state index is -0.0272. The third kappa shape index (κ3) is 6.37. The normalized spacial score (nSPS) is 8.44. The third-order valence-corrected chi connectivity index (χ3v) is 2.39. The van der Waals surface area contributed by atoms with Crippen molar-refractivity contribution in [3.05, 3.63) is 48.6 Å². The summed E-state index contributed by atoms with van der Waals surface area (Å²) >= 11 is 8.46. The summed E-state index contributed by atoms with van der Waals surface area (Å²) in [5.74, 6) is -0.0272. The van der Waals surface area contributed by atoms with Gasteiger partial charge in [-0.1, -0.05) is 49.1 Å². The van der Waals surface area contributed by atoms with Gasteiger partial charge in [-0.05, 0) is 6.08 Å². The number of ketones is 1. The maximum absolute atomic E-state index is 10.9. The lowest BCUT2D eigenvalue weighted by molar-refractivity contribution is 0.104. The van der Waals surface area contributed by atoms with E-state index in [1.54, 1.807) is 17.0 Å². The molecule has 0 aromatic heterocycles. The number of allylic oxidation sites excluding steroid dienone is 1. The zero-order chi connectivity index (χ0) is 12.6. The lowest BCUT2D eigenvalue weighted by atomic mass is 10.1. The quantitative estimate of drug-likeness (QED) is 0.379. The average Bonchev–Trinajstić information content (AvgIpc) is 2.30. The van der Waals surface area contributed by atoms with Crippen molar-refractivity contribution in [1.82, 2.24) is 4.90 Å². The van der Waals surface area contributed by atoms with Crippen LogP contribution in [-0.4, -0.2) is 29.1 Å². The first-order valence-corrected chi connectivity index (χ1v) is 5.46. The van der Waals surface area contributed by atoms with Crippen LogP contribution in [0.4, 0.5) is 0 Å². The Morgan fingerprint density at radius 2 is 1.81 bits per heavy atom. The van der Waals surface area contributed by atoms with Gasteiger partial charge in [-0.2, -0.15) is 0 Å². The molecule has 0 spiro atoms. The summed E-state index contributed by atoms with van der Waals surface area (Å²) in [7, 11) is 3.71. The van der Waals surface area contributed by atoms with Gasteiger partial charge < -0.3 is 4.90 Å². The zero-order valence-electron chi connectivity index (χ0n) is 9.38. The van der Waals surface area contributed by atoms with E-state index in [0.29, 0.717) is 9.88 Å². The number of hydrogen-bond acceptors (Lipinski definition) is 2. The lowest BCUT2D eigenvalue weighted by Crippen LogP contribution is -2.12. The molecule has 0 N–H and O–H groups in total. The average molecular weight is 253 g/mol. The van der Waals surface area contributed by atoms with Crippen molar-refractivity contribution in [2.45, 2.75) is 0 Å². The third-order valence-electron chi connectivity index (χ3n) is 1.63. The highest BCUT2D eigenvalue weighted by atomic mass is 32.1. The molecule has 0 saturated heterocycles. The van der Waals surface area contributed by atoms with Gasteiger partial charge in [0.25, 0.3) is 0 Å². The van der Waals surface area contributed by atoms with Crippen LogP contribution in [0.2, 0.25) is 0 Å². The maximum Gasteiger partial charge on any atom is 0.185 e. The number of benzene rings is 1. The van der Waals surface area contributed by atoms with Crippen LogP contribution in [0.1, 0.15) is 10.4 Å². The van der Waals surface area contributed by atoms with Crippen molar-refractivity contribution in [3.63, 3.8) is 0 Å². The van der Waals surface area contributed by atoms with Gasteiger partial charge in [0.2, 0.25) is 0 Å². The van der Waals surface area contributed by atoms with E-state index < -0.39 is 0 Å². The molecule has 0 unspecified atom stereocenters. The smallest absolute Gasteiger partial charge is 0.185 e. The summed E-state index contributed by atoms with van der Waals surface area (Å²) in [5, 5.41) is 0. The van der Waals surface area contributed by atoms with E-state index in [4.69, 9.17) is 0 Å². The van der Waals surface area contributed by atoms with Gasteiger partial charge >= 0.3 is 0 Å². The summed E-state index contributed by atoms with van der Waals surface area (Å²) in [5.41, 5.74) is 0.692. The molecule has 0 fully saturated rings. The second kappa shape index (κ2) is 8.07. The van der Waals surface area contributed by atoms with Gasteiger partial charge in [0, 0.05) is 19.7 Å². The number of rotatable bonds is 2. The second-order valence-corrected chi connectivity index (χ2v) is 4.22. The van der Waals surface area contributed by atoms with Gasteiger partial charge in [-0.15, -0.1) is 12.6 Å². The Morgan fingerprint density at radius 3 is 2.12 bits per heavy atom. The monoisotopic (exact) mass is 253 g/mol. The van der Waals surface area contributed by atoms with Crippen LogP contribution in [-0.2, 0) is 0 Å². The molecule has 86 valence electrons. The Balaban J connectivity index is 0.000000325. The highest BCUT2D eigenvalue weighted by Crippen LogP contribution is 1.99. The van der Waals surface area contributed by atoms with Crippen molar-refractivity contribution in [3.8, 4) is 0 Å². The Labute approximate surface area is 107 Å². The van der Waals surface area contributed by atoms with E-state index in [2.05, 4.69) is 31.4 Å². The molecule has 1 aromatic carbocycles. The van der Waals surface area contributed by atoms with E-state index >= 15 is 0 Å².